The Labute approximate surface area is 73.2 Å². The molecule has 68 valence electrons. The van der Waals surface area contributed by atoms with Crippen molar-refractivity contribution < 1.29 is 4.74 Å². The lowest BCUT2D eigenvalue weighted by Gasteiger charge is -2.33. The Morgan fingerprint density at radius 1 is 1.42 bits per heavy atom. The molecule has 3 nitrogen and oxygen atoms in total. The average molecular weight is 168 g/mol. The third-order valence-electron chi connectivity index (χ3n) is 2.76. The molecule has 2 saturated heterocycles. The zero-order valence-corrected chi connectivity index (χ0v) is 7.38. The number of likely N-dealkylation sites (tertiary alicyclic amines) is 1. The number of piperidine rings is 1. The monoisotopic (exact) mass is 168 g/mol. The topological polar surface area (TPSA) is 36.3 Å². The van der Waals surface area contributed by atoms with Gasteiger partial charge in [0, 0.05) is 19.6 Å². The van der Waals surface area contributed by atoms with Crippen LogP contribution in [-0.4, -0.2) is 36.5 Å². The summed E-state index contributed by atoms with van der Waals surface area (Å²) in [5.41, 5.74) is 0. The van der Waals surface area contributed by atoms with E-state index in [-0.39, 0.29) is 0 Å². The number of nitrogens with one attached hydrogen (secondary N) is 1. The second-order valence-corrected chi connectivity index (χ2v) is 3.61. The smallest absolute Gasteiger partial charge is 0.0960 e. The highest BCUT2D eigenvalue weighted by molar-refractivity contribution is 5.80. The van der Waals surface area contributed by atoms with E-state index >= 15 is 0 Å². The predicted molar refractivity (Wildman–Crippen MR) is 47.5 cm³/mol. The standard InChI is InChI=1S/C9H16N2O/c10-9-3-1-2-5-11(9)8-4-6-12-7-8/h8,10H,1-7H2. The van der Waals surface area contributed by atoms with Gasteiger partial charge < -0.3 is 9.64 Å². The van der Waals surface area contributed by atoms with Gasteiger partial charge in [0.15, 0.2) is 0 Å². The molecular formula is C9H16N2O. The van der Waals surface area contributed by atoms with Crippen LogP contribution in [-0.2, 0) is 4.74 Å². The fourth-order valence-electron chi connectivity index (χ4n) is 2.02. The van der Waals surface area contributed by atoms with Crippen LogP contribution in [0.4, 0.5) is 0 Å². The lowest BCUT2D eigenvalue weighted by atomic mass is 10.1. The normalized spacial score (nSPS) is 31.2. The second kappa shape index (κ2) is 3.44. The Balaban J connectivity index is 1.95. The second-order valence-electron chi connectivity index (χ2n) is 3.61. The molecule has 0 amide bonds. The molecule has 3 heteroatoms. The summed E-state index contributed by atoms with van der Waals surface area (Å²) in [6.07, 6.45) is 4.53. The van der Waals surface area contributed by atoms with Crippen LogP contribution in [0.3, 0.4) is 0 Å². The molecule has 2 heterocycles. The fraction of sp³-hybridized carbons (Fsp3) is 0.889. The van der Waals surface area contributed by atoms with Gasteiger partial charge in [0.25, 0.3) is 0 Å². The molecule has 0 bridgehead atoms. The Morgan fingerprint density at radius 2 is 2.33 bits per heavy atom. The first-order valence-electron chi connectivity index (χ1n) is 4.80. The van der Waals surface area contributed by atoms with Crippen LogP contribution >= 0.6 is 0 Å². The van der Waals surface area contributed by atoms with Crippen molar-refractivity contribution in [3.63, 3.8) is 0 Å². The van der Waals surface area contributed by atoms with Crippen LogP contribution in [0.2, 0.25) is 0 Å². The van der Waals surface area contributed by atoms with Crippen molar-refractivity contribution in [1.82, 2.24) is 4.90 Å². The summed E-state index contributed by atoms with van der Waals surface area (Å²) in [5, 5.41) is 7.78. The Bertz CT molecular complexity index is 175. The zero-order chi connectivity index (χ0) is 8.39. The van der Waals surface area contributed by atoms with Gasteiger partial charge in [-0.05, 0) is 19.3 Å². The Morgan fingerprint density at radius 3 is 3.00 bits per heavy atom. The van der Waals surface area contributed by atoms with Gasteiger partial charge in [-0.3, -0.25) is 5.41 Å². The highest BCUT2D eigenvalue weighted by Crippen LogP contribution is 2.19. The number of ether oxygens (including phenoxy) is 1. The van der Waals surface area contributed by atoms with E-state index in [1.54, 1.807) is 0 Å². The summed E-state index contributed by atoms with van der Waals surface area (Å²) in [4.78, 5) is 2.23. The molecule has 2 aliphatic heterocycles. The van der Waals surface area contributed by atoms with E-state index in [2.05, 4.69) is 4.90 Å². The maximum atomic E-state index is 7.78. The van der Waals surface area contributed by atoms with Gasteiger partial charge in [0.05, 0.1) is 18.5 Å². The van der Waals surface area contributed by atoms with E-state index in [0.29, 0.717) is 6.04 Å². The molecule has 0 aromatic carbocycles. The minimum atomic E-state index is 0.512. The van der Waals surface area contributed by atoms with E-state index < -0.39 is 0 Å². The molecule has 0 spiro atoms. The predicted octanol–water partition coefficient (Wildman–Crippen LogP) is 1.24. The molecule has 2 fully saturated rings. The summed E-state index contributed by atoms with van der Waals surface area (Å²) in [5.74, 6) is 0.830. The van der Waals surface area contributed by atoms with E-state index in [9.17, 15) is 0 Å². The molecule has 2 rings (SSSR count). The van der Waals surface area contributed by atoms with Crippen LogP contribution in [0.5, 0.6) is 0 Å². The number of nitrogens with zero attached hydrogens (tertiary/aromatic N) is 1. The van der Waals surface area contributed by atoms with E-state index in [4.69, 9.17) is 10.1 Å². The van der Waals surface area contributed by atoms with Crippen molar-refractivity contribution in [1.29, 1.82) is 5.41 Å². The first-order valence-corrected chi connectivity index (χ1v) is 4.80. The van der Waals surface area contributed by atoms with E-state index in [1.165, 1.54) is 12.8 Å². The molecule has 2 aliphatic rings. The molecule has 0 aliphatic carbocycles. The number of hydrogen-bond acceptors (Lipinski definition) is 2. The van der Waals surface area contributed by atoms with Crippen molar-refractivity contribution in [3.05, 3.63) is 0 Å². The molecule has 1 unspecified atom stereocenters. The van der Waals surface area contributed by atoms with Crippen molar-refractivity contribution >= 4 is 5.84 Å². The van der Waals surface area contributed by atoms with Crippen molar-refractivity contribution in [2.24, 2.45) is 0 Å². The van der Waals surface area contributed by atoms with Gasteiger partial charge in [-0.15, -0.1) is 0 Å². The van der Waals surface area contributed by atoms with Crippen molar-refractivity contribution in [2.45, 2.75) is 31.7 Å². The van der Waals surface area contributed by atoms with Crippen molar-refractivity contribution in [2.75, 3.05) is 19.8 Å². The minimum absolute atomic E-state index is 0.512. The first-order chi connectivity index (χ1) is 5.88. The third kappa shape index (κ3) is 1.46. The lowest BCUT2D eigenvalue weighted by Crippen LogP contribution is -2.43. The molecule has 12 heavy (non-hydrogen) atoms. The highest BCUT2D eigenvalue weighted by atomic mass is 16.5. The molecule has 0 aromatic rings. The quantitative estimate of drug-likeness (QED) is 0.639. The van der Waals surface area contributed by atoms with Crippen LogP contribution in [0.25, 0.3) is 0 Å². The average Bonchev–Trinajstić information content (AvgIpc) is 2.57. The van der Waals surface area contributed by atoms with Crippen molar-refractivity contribution in [3.8, 4) is 0 Å². The Kier molecular flexibility index (Phi) is 2.30. The lowest BCUT2D eigenvalue weighted by molar-refractivity contribution is 0.169. The zero-order valence-electron chi connectivity index (χ0n) is 7.38. The third-order valence-corrected chi connectivity index (χ3v) is 2.76. The molecule has 0 saturated carbocycles. The van der Waals surface area contributed by atoms with Crippen LogP contribution in [0, 0.1) is 5.41 Å². The number of rotatable bonds is 1. The molecule has 0 aromatic heterocycles. The van der Waals surface area contributed by atoms with Gasteiger partial charge in [0.1, 0.15) is 0 Å². The summed E-state index contributed by atoms with van der Waals surface area (Å²) in [7, 11) is 0. The molecule has 0 radical (unpaired) electrons. The largest absolute Gasteiger partial charge is 0.379 e. The minimum Gasteiger partial charge on any atom is -0.379 e. The maximum Gasteiger partial charge on any atom is 0.0960 e. The number of amidine groups is 1. The summed E-state index contributed by atoms with van der Waals surface area (Å²) >= 11 is 0. The molecule has 1 N–H and O–H groups in total. The molecular weight excluding hydrogens is 152 g/mol. The first kappa shape index (κ1) is 8.05. The van der Waals surface area contributed by atoms with E-state index in [1.807, 2.05) is 0 Å². The van der Waals surface area contributed by atoms with Gasteiger partial charge in [-0.2, -0.15) is 0 Å². The highest BCUT2D eigenvalue weighted by Gasteiger charge is 2.26. The summed E-state index contributed by atoms with van der Waals surface area (Å²) in [6, 6.07) is 0.512. The summed E-state index contributed by atoms with van der Waals surface area (Å²) < 4.78 is 5.32. The van der Waals surface area contributed by atoms with Gasteiger partial charge in [0.2, 0.25) is 0 Å². The SMILES string of the molecule is N=C1CCCCN1C1CCOC1. The number of hydrogen-bond donors (Lipinski definition) is 1. The van der Waals surface area contributed by atoms with E-state index in [0.717, 1.165) is 38.4 Å². The maximum absolute atomic E-state index is 7.78. The van der Waals surface area contributed by atoms with Gasteiger partial charge in [-0.1, -0.05) is 0 Å². The van der Waals surface area contributed by atoms with Gasteiger partial charge >= 0.3 is 0 Å². The molecule has 1 atom stereocenters. The Hall–Kier alpha value is -0.570. The summed E-state index contributed by atoms with van der Waals surface area (Å²) in [6.45, 7) is 2.80. The van der Waals surface area contributed by atoms with Crippen LogP contribution < -0.4 is 0 Å². The van der Waals surface area contributed by atoms with Gasteiger partial charge in [-0.25, -0.2) is 0 Å². The van der Waals surface area contributed by atoms with Crippen LogP contribution in [0.1, 0.15) is 25.7 Å². The fourth-order valence-corrected chi connectivity index (χ4v) is 2.02. The van der Waals surface area contributed by atoms with Crippen LogP contribution in [0.15, 0.2) is 0 Å².